The number of ether oxygens (including phenoxy) is 3. The van der Waals surface area contributed by atoms with Crippen molar-refractivity contribution >= 4 is 11.5 Å². The van der Waals surface area contributed by atoms with E-state index in [0.717, 1.165) is 19.4 Å². The van der Waals surface area contributed by atoms with Gasteiger partial charge in [-0.1, -0.05) is 0 Å². The molecule has 1 fully saturated rings. The average molecular weight is 268 g/mol. The highest BCUT2D eigenvalue weighted by molar-refractivity contribution is 5.66. The van der Waals surface area contributed by atoms with Crippen LogP contribution in [0.15, 0.2) is 0 Å². The highest BCUT2D eigenvalue weighted by Crippen LogP contribution is 2.32. The van der Waals surface area contributed by atoms with E-state index in [-0.39, 0.29) is 6.10 Å². The molecule has 1 aromatic heterocycles. The lowest BCUT2D eigenvalue weighted by atomic mass is 10.2. The van der Waals surface area contributed by atoms with E-state index < -0.39 is 0 Å². The summed E-state index contributed by atoms with van der Waals surface area (Å²) >= 11 is 0. The molecule has 1 aromatic rings. The molecule has 0 aromatic carbocycles. The van der Waals surface area contributed by atoms with Crippen LogP contribution in [-0.2, 0) is 9.47 Å². The van der Waals surface area contributed by atoms with Gasteiger partial charge in [-0.25, -0.2) is 4.98 Å². The summed E-state index contributed by atoms with van der Waals surface area (Å²) in [5.74, 6) is 1.55. The van der Waals surface area contributed by atoms with Crippen LogP contribution in [0, 0.1) is 0 Å². The number of nitrogens with two attached hydrogens (primary N) is 1. The Kier molecular flexibility index (Phi) is 4.75. The van der Waals surface area contributed by atoms with Crippen LogP contribution in [-0.4, -0.2) is 43.9 Å². The Hall–Kier alpha value is -1.60. The summed E-state index contributed by atoms with van der Waals surface area (Å²) in [5, 5.41) is 2.95. The monoisotopic (exact) mass is 268 g/mol. The average Bonchev–Trinajstić information content (AvgIpc) is 2.95. The van der Waals surface area contributed by atoms with Crippen LogP contribution < -0.4 is 15.8 Å². The predicted molar refractivity (Wildman–Crippen MR) is 71.3 cm³/mol. The normalized spacial score (nSPS) is 18.5. The first-order valence-electron chi connectivity index (χ1n) is 6.34. The number of aromatic nitrogens is 2. The first-order chi connectivity index (χ1) is 9.26. The van der Waals surface area contributed by atoms with Gasteiger partial charge >= 0.3 is 0 Å². The van der Waals surface area contributed by atoms with Crippen LogP contribution in [0.2, 0.25) is 0 Å². The van der Waals surface area contributed by atoms with Crippen LogP contribution in [0.4, 0.5) is 11.5 Å². The van der Waals surface area contributed by atoms with Crippen molar-refractivity contribution in [3.63, 3.8) is 0 Å². The Labute approximate surface area is 112 Å². The second kappa shape index (κ2) is 6.53. The Morgan fingerprint density at radius 2 is 2.26 bits per heavy atom. The number of nitrogens with one attached hydrogen (secondary N) is 1. The van der Waals surface area contributed by atoms with Crippen molar-refractivity contribution in [1.82, 2.24) is 9.97 Å². The van der Waals surface area contributed by atoms with Gasteiger partial charge in [-0.05, 0) is 12.8 Å². The molecule has 0 amide bonds. The van der Waals surface area contributed by atoms with Gasteiger partial charge in [-0.3, -0.25) is 0 Å². The van der Waals surface area contributed by atoms with Crippen LogP contribution in [0.1, 0.15) is 24.8 Å². The summed E-state index contributed by atoms with van der Waals surface area (Å²) in [6.45, 7) is 1.62. The number of hydrogen-bond acceptors (Lipinski definition) is 7. The molecular weight excluding hydrogens is 248 g/mol. The summed E-state index contributed by atoms with van der Waals surface area (Å²) < 4.78 is 16.0. The number of anilines is 2. The van der Waals surface area contributed by atoms with Gasteiger partial charge in [-0.15, -0.1) is 0 Å². The summed E-state index contributed by atoms with van der Waals surface area (Å²) in [6, 6.07) is 0. The molecule has 106 valence electrons. The Balaban J connectivity index is 2.21. The first-order valence-corrected chi connectivity index (χ1v) is 6.34. The fourth-order valence-electron chi connectivity index (χ4n) is 1.91. The second-order valence-electron chi connectivity index (χ2n) is 4.24. The van der Waals surface area contributed by atoms with Crippen LogP contribution in [0.25, 0.3) is 0 Å². The fraction of sp³-hybridized carbons (Fsp3) is 0.667. The van der Waals surface area contributed by atoms with Gasteiger partial charge in [0.05, 0.1) is 6.61 Å². The van der Waals surface area contributed by atoms with Crippen molar-refractivity contribution in [2.45, 2.75) is 18.9 Å². The van der Waals surface area contributed by atoms with Crippen molar-refractivity contribution in [1.29, 1.82) is 0 Å². The van der Waals surface area contributed by atoms with E-state index in [0.29, 0.717) is 36.4 Å². The largest absolute Gasteiger partial charge is 0.474 e. The minimum atomic E-state index is -0.0718. The number of nitrogen functional groups attached to an aromatic ring is 1. The molecule has 0 radical (unpaired) electrons. The van der Waals surface area contributed by atoms with Gasteiger partial charge in [0, 0.05) is 20.8 Å². The molecule has 1 aliphatic rings. The van der Waals surface area contributed by atoms with Crippen molar-refractivity contribution in [3.8, 4) is 5.88 Å². The topological polar surface area (TPSA) is 91.5 Å². The molecule has 0 bridgehead atoms. The highest BCUT2D eigenvalue weighted by atomic mass is 16.5. The lowest BCUT2D eigenvalue weighted by molar-refractivity contribution is 0.103. The zero-order chi connectivity index (χ0) is 13.7. The Morgan fingerprint density at radius 3 is 2.89 bits per heavy atom. The molecule has 2 heterocycles. The van der Waals surface area contributed by atoms with Gasteiger partial charge in [0.2, 0.25) is 5.88 Å². The molecule has 0 saturated carbocycles. The molecule has 0 aliphatic carbocycles. The SMILES string of the molecule is CNc1nc(C2CCCO2)nc(OCCOC)c1N. The van der Waals surface area contributed by atoms with Gasteiger partial charge in [-0.2, -0.15) is 4.98 Å². The number of methoxy groups -OCH3 is 1. The molecule has 7 heteroatoms. The smallest absolute Gasteiger partial charge is 0.243 e. The van der Waals surface area contributed by atoms with E-state index >= 15 is 0 Å². The molecule has 1 aliphatic heterocycles. The predicted octanol–water partition coefficient (Wildman–Crippen LogP) is 0.977. The van der Waals surface area contributed by atoms with Crippen molar-refractivity contribution in [2.24, 2.45) is 0 Å². The van der Waals surface area contributed by atoms with Gasteiger partial charge in [0.25, 0.3) is 0 Å². The number of rotatable bonds is 6. The molecule has 1 unspecified atom stereocenters. The van der Waals surface area contributed by atoms with E-state index in [9.17, 15) is 0 Å². The van der Waals surface area contributed by atoms with E-state index in [2.05, 4.69) is 15.3 Å². The van der Waals surface area contributed by atoms with E-state index in [4.69, 9.17) is 19.9 Å². The third-order valence-corrected chi connectivity index (χ3v) is 2.91. The first kappa shape index (κ1) is 13.8. The third kappa shape index (κ3) is 3.24. The summed E-state index contributed by atoms with van der Waals surface area (Å²) in [6.07, 6.45) is 1.87. The molecule has 1 atom stereocenters. The van der Waals surface area contributed by atoms with Crippen LogP contribution in [0.5, 0.6) is 5.88 Å². The lowest BCUT2D eigenvalue weighted by Crippen LogP contribution is -2.13. The Bertz CT molecular complexity index is 422. The summed E-state index contributed by atoms with van der Waals surface area (Å²) in [7, 11) is 3.38. The quantitative estimate of drug-likeness (QED) is 0.743. The fourth-order valence-corrected chi connectivity index (χ4v) is 1.91. The zero-order valence-electron chi connectivity index (χ0n) is 11.3. The second-order valence-corrected chi connectivity index (χ2v) is 4.24. The van der Waals surface area contributed by atoms with Crippen molar-refractivity contribution in [3.05, 3.63) is 5.82 Å². The van der Waals surface area contributed by atoms with Gasteiger partial charge in [0.1, 0.15) is 18.4 Å². The molecule has 3 N–H and O–H groups in total. The maximum absolute atomic E-state index is 5.95. The molecule has 19 heavy (non-hydrogen) atoms. The van der Waals surface area contributed by atoms with Crippen molar-refractivity contribution in [2.75, 3.05) is 45.0 Å². The van der Waals surface area contributed by atoms with Gasteiger partial charge < -0.3 is 25.3 Å². The Morgan fingerprint density at radius 1 is 1.42 bits per heavy atom. The van der Waals surface area contributed by atoms with Crippen molar-refractivity contribution < 1.29 is 14.2 Å². The number of nitrogens with zero attached hydrogens (tertiary/aromatic N) is 2. The highest BCUT2D eigenvalue weighted by Gasteiger charge is 2.23. The summed E-state index contributed by atoms with van der Waals surface area (Å²) in [4.78, 5) is 8.73. The third-order valence-electron chi connectivity index (χ3n) is 2.91. The summed E-state index contributed by atoms with van der Waals surface area (Å²) in [5.41, 5.74) is 6.35. The zero-order valence-corrected chi connectivity index (χ0v) is 11.3. The molecule has 1 saturated heterocycles. The molecule has 0 spiro atoms. The molecular formula is C12H20N4O3. The minimum absolute atomic E-state index is 0.0718. The van der Waals surface area contributed by atoms with E-state index in [1.165, 1.54) is 0 Å². The number of hydrogen-bond donors (Lipinski definition) is 2. The van der Waals surface area contributed by atoms with Crippen LogP contribution in [0.3, 0.4) is 0 Å². The van der Waals surface area contributed by atoms with E-state index in [1.807, 2.05) is 0 Å². The van der Waals surface area contributed by atoms with Crippen LogP contribution >= 0.6 is 0 Å². The maximum Gasteiger partial charge on any atom is 0.243 e. The van der Waals surface area contributed by atoms with E-state index in [1.54, 1.807) is 14.2 Å². The lowest BCUT2D eigenvalue weighted by Gasteiger charge is -2.15. The minimum Gasteiger partial charge on any atom is -0.474 e. The standard InChI is InChI=1S/C12H20N4O3/c1-14-11-9(13)12(19-7-6-17-2)16-10(15-11)8-4-3-5-18-8/h8H,3-7,13H2,1-2H3,(H,14,15,16). The molecule has 2 rings (SSSR count). The maximum atomic E-state index is 5.95. The van der Waals surface area contributed by atoms with Gasteiger partial charge in [0.15, 0.2) is 11.6 Å². The molecule has 7 nitrogen and oxygen atoms in total.